The van der Waals surface area contributed by atoms with Crippen LogP contribution >= 0.6 is 0 Å². The van der Waals surface area contributed by atoms with Gasteiger partial charge in [0.2, 0.25) is 15.9 Å². The van der Waals surface area contributed by atoms with Gasteiger partial charge in [0.1, 0.15) is 0 Å². The zero-order valence-corrected chi connectivity index (χ0v) is 24.8. The fourth-order valence-electron chi connectivity index (χ4n) is 8.09. The Kier molecular flexibility index (Phi) is 9.40. The van der Waals surface area contributed by atoms with Gasteiger partial charge in [0.25, 0.3) is 0 Å². The third-order valence-electron chi connectivity index (χ3n) is 10.4. The topological polar surface area (TPSA) is 114 Å². The lowest BCUT2D eigenvalue weighted by molar-refractivity contribution is -0.137. The number of hydrogen-bond acceptors (Lipinski definition) is 6. The molecule has 0 spiro atoms. The molecule has 4 saturated heterocycles. The van der Waals surface area contributed by atoms with E-state index >= 15 is 0 Å². The van der Waals surface area contributed by atoms with Crippen LogP contribution in [0.25, 0.3) is 0 Å². The van der Waals surface area contributed by atoms with Crippen LogP contribution in [0.4, 0.5) is 4.79 Å². The summed E-state index contributed by atoms with van der Waals surface area (Å²) in [4.78, 5) is 27.4. The van der Waals surface area contributed by atoms with E-state index in [1.807, 2.05) is 0 Å². The van der Waals surface area contributed by atoms with Crippen LogP contribution in [-0.2, 0) is 14.8 Å². The Bertz CT molecular complexity index is 955. The molecule has 11 heteroatoms. The summed E-state index contributed by atoms with van der Waals surface area (Å²) in [6, 6.07) is 0.263. The molecule has 5 aliphatic rings. The molecule has 3 amide bonds. The number of urea groups is 1. The molecule has 5 rings (SSSR count). The number of carbonyl (C=O) groups is 2. The molecule has 4 aliphatic heterocycles. The molecule has 0 aromatic carbocycles. The van der Waals surface area contributed by atoms with Gasteiger partial charge < -0.3 is 15.5 Å². The quantitative estimate of drug-likeness (QED) is 0.471. The van der Waals surface area contributed by atoms with Crippen LogP contribution in [0.5, 0.6) is 0 Å². The number of nitrogens with zero attached hydrogens (tertiary/aromatic N) is 3. The Labute approximate surface area is 235 Å². The van der Waals surface area contributed by atoms with E-state index < -0.39 is 10.0 Å². The summed E-state index contributed by atoms with van der Waals surface area (Å²) in [6.07, 6.45) is 11.3. The third-order valence-corrected chi connectivity index (χ3v) is 12.8. The average Bonchev–Trinajstić information content (AvgIpc) is 3.08. The highest BCUT2D eigenvalue weighted by molar-refractivity contribution is 7.89. The van der Waals surface area contributed by atoms with Gasteiger partial charge in [-0.15, -0.1) is 0 Å². The molecule has 0 radical (unpaired) electrons. The molecule has 0 aromatic rings. The van der Waals surface area contributed by atoms with Crippen molar-refractivity contribution in [2.45, 2.75) is 107 Å². The lowest BCUT2D eigenvalue weighted by Crippen LogP contribution is -2.51. The van der Waals surface area contributed by atoms with Gasteiger partial charge in [-0.05, 0) is 83.0 Å². The van der Waals surface area contributed by atoms with Crippen molar-refractivity contribution in [1.82, 2.24) is 30.3 Å². The van der Waals surface area contributed by atoms with Crippen LogP contribution in [0.1, 0.15) is 84.0 Å². The SMILES string of the molecule is CNC(=O)NC1CCC(S(=O)(=O)N2CCC(C3CCN4NC(C)C(C(=O)N5CCCCCC5)C4C3)CC2)CC1. The number of hydrogen-bond donors (Lipinski definition) is 3. The highest BCUT2D eigenvalue weighted by Gasteiger charge is 2.49. The number of hydrazine groups is 1. The number of amides is 3. The Morgan fingerprint density at radius 1 is 0.821 bits per heavy atom. The second-order valence-corrected chi connectivity index (χ2v) is 14.9. The van der Waals surface area contributed by atoms with Crippen molar-refractivity contribution in [1.29, 1.82) is 0 Å². The van der Waals surface area contributed by atoms with Crippen LogP contribution < -0.4 is 16.1 Å². The molecule has 0 bridgehead atoms. The number of fused-ring (bicyclic) bond motifs is 1. The largest absolute Gasteiger partial charge is 0.342 e. The first-order chi connectivity index (χ1) is 18.8. The second kappa shape index (κ2) is 12.6. The Balaban J connectivity index is 1.14. The predicted molar refractivity (Wildman–Crippen MR) is 151 cm³/mol. The van der Waals surface area contributed by atoms with E-state index in [9.17, 15) is 18.0 Å². The maximum absolute atomic E-state index is 13.7. The summed E-state index contributed by atoms with van der Waals surface area (Å²) in [7, 11) is -1.72. The van der Waals surface area contributed by atoms with Crippen molar-refractivity contribution in [3.8, 4) is 0 Å². The first-order valence-electron chi connectivity index (χ1n) is 15.6. The predicted octanol–water partition coefficient (Wildman–Crippen LogP) is 2.27. The number of sulfonamides is 1. The van der Waals surface area contributed by atoms with E-state index in [1.54, 1.807) is 11.4 Å². The second-order valence-electron chi connectivity index (χ2n) is 12.7. The molecule has 4 atom stereocenters. The van der Waals surface area contributed by atoms with E-state index in [0.717, 1.165) is 58.2 Å². The van der Waals surface area contributed by atoms with Crippen molar-refractivity contribution in [3.63, 3.8) is 0 Å². The molecular weight excluding hydrogens is 516 g/mol. The molecule has 4 unspecified atom stereocenters. The zero-order chi connectivity index (χ0) is 27.6. The normalized spacial score (nSPS) is 35.7. The molecule has 4 heterocycles. The highest BCUT2D eigenvalue weighted by Crippen LogP contribution is 2.41. The molecule has 1 saturated carbocycles. The lowest BCUT2D eigenvalue weighted by Gasteiger charge is -2.43. The van der Waals surface area contributed by atoms with Crippen LogP contribution in [0.2, 0.25) is 0 Å². The zero-order valence-electron chi connectivity index (χ0n) is 23.9. The molecule has 3 N–H and O–H groups in total. The molecule has 222 valence electrons. The maximum atomic E-state index is 13.7. The Morgan fingerprint density at radius 2 is 1.46 bits per heavy atom. The summed E-state index contributed by atoms with van der Waals surface area (Å²) < 4.78 is 28.7. The van der Waals surface area contributed by atoms with Crippen molar-refractivity contribution in [2.24, 2.45) is 17.8 Å². The Morgan fingerprint density at radius 3 is 2.10 bits per heavy atom. The summed E-state index contributed by atoms with van der Waals surface area (Å²) in [5.74, 6) is 1.43. The first kappa shape index (κ1) is 29.1. The number of likely N-dealkylation sites (tertiary alicyclic amines) is 1. The fraction of sp³-hybridized carbons (Fsp3) is 0.929. The van der Waals surface area contributed by atoms with E-state index in [0.29, 0.717) is 56.5 Å². The van der Waals surface area contributed by atoms with Crippen molar-refractivity contribution in [2.75, 3.05) is 39.8 Å². The molecule has 10 nitrogen and oxygen atoms in total. The van der Waals surface area contributed by atoms with E-state index in [2.05, 4.69) is 32.9 Å². The van der Waals surface area contributed by atoms with Gasteiger partial charge in [0.15, 0.2) is 0 Å². The molecule has 5 fully saturated rings. The Hall–Kier alpha value is -1.43. The van der Waals surface area contributed by atoms with Gasteiger partial charge in [0.05, 0.1) is 11.2 Å². The van der Waals surface area contributed by atoms with Gasteiger partial charge in [-0.1, -0.05) is 12.8 Å². The molecule has 39 heavy (non-hydrogen) atoms. The average molecular weight is 567 g/mol. The van der Waals surface area contributed by atoms with Crippen LogP contribution in [0.3, 0.4) is 0 Å². The van der Waals surface area contributed by atoms with E-state index in [1.165, 1.54) is 12.8 Å². The minimum atomic E-state index is -3.32. The van der Waals surface area contributed by atoms with Crippen LogP contribution in [0, 0.1) is 17.8 Å². The standard InChI is InChI=1S/C28H50N6O4S/c1-20-26(27(35)32-14-5-3-4-6-15-32)25-19-22(13-18-34(25)31-20)21-11-16-33(17-12-21)39(37,38)24-9-7-23(8-10-24)30-28(36)29-2/h20-26,31H,3-19H2,1-2H3,(H2,29,30,36). The summed E-state index contributed by atoms with van der Waals surface area (Å²) in [5.41, 5.74) is 3.62. The van der Waals surface area contributed by atoms with Crippen molar-refractivity contribution in [3.05, 3.63) is 0 Å². The summed E-state index contributed by atoms with van der Waals surface area (Å²) in [6.45, 7) is 6.15. The molecule has 0 aromatic heterocycles. The smallest absolute Gasteiger partial charge is 0.314 e. The number of piperidine rings is 2. The minimum absolute atomic E-state index is 0.0133. The number of rotatable bonds is 5. The third kappa shape index (κ3) is 6.41. The summed E-state index contributed by atoms with van der Waals surface area (Å²) >= 11 is 0. The van der Waals surface area contributed by atoms with Crippen LogP contribution in [-0.4, -0.2) is 97.7 Å². The van der Waals surface area contributed by atoms with Gasteiger partial charge in [0, 0.05) is 57.9 Å². The fourth-order valence-corrected chi connectivity index (χ4v) is 10.1. The van der Waals surface area contributed by atoms with Crippen LogP contribution in [0.15, 0.2) is 0 Å². The van der Waals surface area contributed by atoms with Gasteiger partial charge >= 0.3 is 6.03 Å². The van der Waals surface area contributed by atoms with E-state index in [4.69, 9.17) is 0 Å². The highest BCUT2D eigenvalue weighted by atomic mass is 32.2. The van der Waals surface area contributed by atoms with Crippen molar-refractivity contribution >= 4 is 22.0 Å². The van der Waals surface area contributed by atoms with Gasteiger partial charge in [-0.2, -0.15) is 0 Å². The monoisotopic (exact) mass is 566 g/mol. The lowest BCUT2D eigenvalue weighted by atomic mass is 9.74. The van der Waals surface area contributed by atoms with E-state index in [-0.39, 0.29) is 35.3 Å². The van der Waals surface area contributed by atoms with Gasteiger partial charge in [-0.3, -0.25) is 10.2 Å². The molecular formula is C28H50N6O4S. The van der Waals surface area contributed by atoms with Gasteiger partial charge in [-0.25, -0.2) is 22.5 Å². The molecule has 1 aliphatic carbocycles. The number of nitrogens with one attached hydrogen (secondary N) is 3. The minimum Gasteiger partial charge on any atom is -0.342 e. The maximum Gasteiger partial charge on any atom is 0.314 e. The van der Waals surface area contributed by atoms with Crippen molar-refractivity contribution < 1.29 is 18.0 Å². The summed E-state index contributed by atoms with van der Waals surface area (Å²) in [5, 5.41) is 7.50. The number of carbonyl (C=O) groups excluding carboxylic acids is 2. The first-order valence-corrected chi connectivity index (χ1v) is 17.1.